The van der Waals surface area contributed by atoms with Crippen LogP contribution in [0.3, 0.4) is 0 Å². The lowest BCUT2D eigenvalue weighted by Gasteiger charge is -2.44. The first kappa shape index (κ1) is 14.0. The number of nitrogens with one attached hydrogen (secondary N) is 1. The molecule has 1 fully saturated rings. The van der Waals surface area contributed by atoms with E-state index in [9.17, 15) is 0 Å². The average molecular weight is 227 g/mol. The number of hydrogen-bond donors (Lipinski definition) is 1. The summed E-state index contributed by atoms with van der Waals surface area (Å²) in [6, 6.07) is 0.532. The lowest BCUT2D eigenvalue weighted by molar-refractivity contribution is -0.0964. The highest BCUT2D eigenvalue weighted by molar-refractivity contribution is 4.95. The minimum absolute atomic E-state index is 0.117. The van der Waals surface area contributed by atoms with Gasteiger partial charge in [-0.3, -0.25) is 0 Å². The van der Waals surface area contributed by atoms with Crippen LogP contribution in [0.5, 0.6) is 0 Å². The molecule has 0 heterocycles. The van der Waals surface area contributed by atoms with Gasteiger partial charge in [-0.25, -0.2) is 0 Å². The lowest BCUT2D eigenvalue weighted by atomic mass is 9.74. The van der Waals surface area contributed by atoms with Crippen LogP contribution >= 0.6 is 0 Å². The van der Waals surface area contributed by atoms with Gasteiger partial charge in [-0.1, -0.05) is 20.3 Å². The van der Waals surface area contributed by atoms with Crippen molar-refractivity contribution in [2.45, 2.75) is 70.9 Å². The molecule has 1 rings (SSSR count). The van der Waals surface area contributed by atoms with Crippen LogP contribution in [0.4, 0.5) is 0 Å². The Hall–Kier alpha value is -0.0800. The first-order chi connectivity index (χ1) is 7.68. The van der Waals surface area contributed by atoms with Crippen molar-refractivity contribution in [2.24, 2.45) is 5.92 Å². The molecule has 0 radical (unpaired) electrons. The number of ether oxygens (including phenoxy) is 1. The standard InChI is InChI=1S/C14H29NO/c1-5-7-13(15-4)14(16-6-2)10-8-12(3)9-11-14/h12-13,15H,5-11H2,1-4H3. The minimum Gasteiger partial charge on any atom is -0.374 e. The van der Waals surface area contributed by atoms with Crippen molar-refractivity contribution in [3.05, 3.63) is 0 Å². The van der Waals surface area contributed by atoms with Gasteiger partial charge in [0.15, 0.2) is 0 Å². The molecule has 1 aliphatic rings. The van der Waals surface area contributed by atoms with E-state index < -0.39 is 0 Å². The molecular formula is C14H29NO. The van der Waals surface area contributed by atoms with Gasteiger partial charge >= 0.3 is 0 Å². The Morgan fingerprint density at radius 2 is 1.94 bits per heavy atom. The number of hydrogen-bond acceptors (Lipinski definition) is 2. The molecule has 0 spiro atoms. The van der Waals surface area contributed by atoms with Gasteiger partial charge < -0.3 is 10.1 Å². The molecule has 0 aromatic carbocycles. The predicted molar refractivity (Wildman–Crippen MR) is 69.7 cm³/mol. The Labute approximate surface area is 101 Å². The average Bonchev–Trinajstić information content (AvgIpc) is 2.30. The number of rotatable bonds is 6. The van der Waals surface area contributed by atoms with E-state index in [1.807, 2.05) is 0 Å². The summed E-state index contributed by atoms with van der Waals surface area (Å²) in [4.78, 5) is 0. The highest BCUT2D eigenvalue weighted by atomic mass is 16.5. The summed E-state index contributed by atoms with van der Waals surface area (Å²) in [5.41, 5.74) is 0.117. The Kier molecular flexibility index (Phi) is 5.77. The minimum atomic E-state index is 0.117. The second kappa shape index (κ2) is 6.61. The summed E-state index contributed by atoms with van der Waals surface area (Å²) in [6.45, 7) is 7.59. The quantitative estimate of drug-likeness (QED) is 0.751. The first-order valence-corrected chi connectivity index (χ1v) is 6.99. The molecule has 0 saturated heterocycles. The molecule has 1 saturated carbocycles. The maximum Gasteiger partial charge on any atom is 0.0834 e. The van der Waals surface area contributed by atoms with E-state index in [-0.39, 0.29) is 5.60 Å². The van der Waals surface area contributed by atoms with Crippen LogP contribution in [0.2, 0.25) is 0 Å². The molecule has 0 amide bonds. The smallest absolute Gasteiger partial charge is 0.0834 e. The molecule has 2 heteroatoms. The second-order valence-corrected chi connectivity index (χ2v) is 5.31. The largest absolute Gasteiger partial charge is 0.374 e. The summed E-state index contributed by atoms with van der Waals surface area (Å²) in [5, 5.41) is 3.49. The van der Waals surface area contributed by atoms with E-state index in [1.165, 1.54) is 38.5 Å². The van der Waals surface area contributed by atoms with E-state index in [0.29, 0.717) is 6.04 Å². The summed E-state index contributed by atoms with van der Waals surface area (Å²) < 4.78 is 6.16. The van der Waals surface area contributed by atoms with Crippen LogP contribution in [0.1, 0.15) is 59.3 Å². The molecule has 1 unspecified atom stereocenters. The fourth-order valence-corrected chi connectivity index (χ4v) is 3.09. The van der Waals surface area contributed by atoms with Crippen molar-refractivity contribution < 1.29 is 4.74 Å². The van der Waals surface area contributed by atoms with Gasteiger partial charge in [-0.15, -0.1) is 0 Å². The van der Waals surface area contributed by atoms with E-state index in [2.05, 4.69) is 33.1 Å². The van der Waals surface area contributed by atoms with Gasteiger partial charge in [0, 0.05) is 12.6 Å². The van der Waals surface area contributed by atoms with Crippen molar-refractivity contribution in [2.75, 3.05) is 13.7 Å². The molecule has 0 bridgehead atoms. The Bertz CT molecular complexity index is 185. The summed E-state index contributed by atoms with van der Waals surface area (Å²) >= 11 is 0. The van der Waals surface area contributed by atoms with Crippen LogP contribution in [0.15, 0.2) is 0 Å². The molecule has 0 aromatic rings. The molecule has 2 nitrogen and oxygen atoms in total. The van der Waals surface area contributed by atoms with Crippen LogP contribution in [-0.2, 0) is 4.74 Å². The SMILES string of the molecule is CCCC(NC)C1(OCC)CCC(C)CC1. The maximum atomic E-state index is 6.16. The molecule has 96 valence electrons. The Balaban J connectivity index is 2.69. The third kappa shape index (κ3) is 3.21. The summed E-state index contributed by atoms with van der Waals surface area (Å²) in [6.07, 6.45) is 7.56. The third-order valence-corrected chi connectivity index (χ3v) is 4.11. The van der Waals surface area contributed by atoms with E-state index >= 15 is 0 Å². The van der Waals surface area contributed by atoms with Crippen LogP contribution < -0.4 is 5.32 Å². The molecule has 1 aliphatic carbocycles. The Morgan fingerprint density at radius 1 is 1.31 bits per heavy atom. The van der Waals surface area contributed by atoms with Gasteiger partial charge in [-0.05, 0) is 52.0 Å². The summed E-state index contributed by atoms with van der Waals surface area (Å²) in [5.74, 6) is 0.882. The molecule has 0 aliphatic heterocycles. The molecule has 1 atom stereocenters. The summed E-state index contributed by atoms with van der Waals surface area (Å²) in [7, 11) is 2.08. The lowest BCUT2D eigenvalue weighted by Crippen LogP contribution is -2.53. The first-order valence-electron chi connectivity index (χ1n) is 6.99. The van der Waals surface area contributed by atoms with Gasteiger partial charge in [-0.2, -0.15) is 0 Å². The van der Waals surface area contributed by atoms with E-state index in [0.717, 1.165) is 12.5 Å². The van der Waals surface area contributed by atoms with Crippen molar-refractivity contribution in [1.29, 1.82) is 0 Å². The van der Waals surface area contributed by atoms with Crippen LogP contribution in [-0.4, -0.2) is 25.3 Å². The van der Waals surface area contributed by atoms with Crippen LogP contribution in [0.25, 0.3) is 0 Å². The Morgan fingerprint density at radius 3 is 2.38 bits per heavy atom. The highest BCUT2D eigenvalue weighted by Crippen LogP contribution is 2.38. The molecule has 0 aromatic heterocycles. The van der Waals surface area contributed by atoms with E-state index in [1.54, 1.807) is 0 Å². The number of likely N-dealkylation sites (N-methyl/N-ethyl adjacent to an activating group) is 1. The molecule has 16 heavy (non-hydrogen) atoms. The zero-order valence-electron chi connectivity index (χ0n) is 11.5. The van der Waals surface area contributed by atoms with Gasteiger partial charge in [0.2, 0.25) is 0 Å². The molecule has 1 N–H and O–H groups in total. The van der Waals surface area contributed by atoms with Gasteiger partial charge in [0.1, 0.15) is 0 Å². The van der Waals surface area contributed by atoms with Crippen molar-refractivity contribution in [1.82, 2.24) is 5.32 Å². The third-order valence-electron chi connectivity index (χ3n) is 4.11. The predicted octanol–water partition coefficient (Wildman–Crippen LogP) is 3.36. The van der Waals surface area contributed by atoms with Gasteiger partial charge in [0.25, 0.3) is 0 Å². The van der Waals surface area contributed by atoms with Crippen molar-refractivity contribution in [3.63, 3.8) is 0 Å². The second-order valence-electron chi connectivity index (χ2n) is 5.31. The topological polar surface area (TPSA) is 21.3 Å². The normalized spacial score (nSPS) is 32.6. The van der Waals surface area contributed by atoms with E-state index in [4.69, 9.17) is 4.74 Å². The van der Waals surface area contributed by atoms with Crippen molar-refractivity contribution >= 4 is 0 Å². The maximum absolute atomic E-state index is 6.16. The van der Waals surface area contributed by atoms with Crippen LogP contribution in [0, 0.1) is 5.92 Å². The molecular weight excluding hydrogens is 198 g/mol. The fourth-order valence-electron chi connectivity index (χ4n) is 3.09. The monoisotopic (exact) mass is 227 g/mol. The van der Waals surface area contributed by atoms with Gasteiger partial charge in [0.05, 0.1) is 5.60 Å². The van der Waals surface area contributed by atoms with Crippen molar-refractivity contribution in [3.8, 4) is 0 Å². The highest BCUT2D eigenvalue weighted by Gasteiger charge is 2.40. The zero-order valence-corrected chi connectivity index (χ0v) is 11.5. The fraction of sp³-hybridized carbons (Fsp3) is 1.00. The zero-order chi connectivity index (χ0) is 12.0.